The van der Waals surface area contributed by atoms with Crippen molar-refractivity contribution in [1.29, 1.82) is 0 Å². The average Bonchev–Trinajstić information content (AvgIpc) is 3.33. The van der Waals surface area contributed by atoms with Gasteiger partial charge in [0.15, 0.2) is 22.6 Å². The predicted octanol–water partition coefficient (Wildman–Crippen LogP) is 8.03. The van der Waals surface area contributed by atoms with Crippen molar-refractivity contribution < 1.29 is 80.0 Å². The van der Waals surface area contributed by atoms with Crippen LogP contribution in [0.4, 0.5) is 51.7 Å². The number of alkyl halides is 1. The normalized spacial score (nSPS) is 12.9. The third kappa shape index (κ3) is 13.3. The highest BCUT2D eigenvalue weighted by Crippen LogP contribution is 2.46. The number of amides is 1. The maximum Gasteiger partial charge on any atom is 0.298 e. The second-order valence-corrected chi connectivity index (χ2v) is 23.1. The number of anilines is 5. The summed E-state index contributed by atoms with van der Waals surface area (Å²) in [7, 11) is -19.5. The van der Waals surface area contributed by atoms with Crippen LogP contribution in [0.15, 0.2) is 113 Å². The molecule has 0 aliphatic carbocycles. The fourth-order valence-electron chi connectivity index (χ4n) is 7.09. The zero-order valence-corrected chi connectivity index (χ0v) is 44.7. The number of rotatable bonds is 19. The minimum absolute atomic E-state index is 0.000525. The Bertz CT molecular complexity index is 4160. The molecule has 77 heavy (non-hydrogen) atoms. The molecular formula is C42H36Cl2N10O18S5. The van der Waals surface area contributed by atoms with Crippen molar-refractivity contribution in [2.45, 2.75) is 33.4 Å². The molecule has 1 unspecified atom stereocenters. The number of carbonyl (C=O) groups is 1. The van der Waals surface area contributed by atoms with E-state index in [1.165, 1.54) is 49.4 Å². The van der Waals surface area contributed by atoms with Crippen molar-refractivity contribution in [3.63, 3.8) is 0 Å². The number of nitrogens with zero attached hydrogens (tertiary/aromatic N) is 7. The predicted molar refractivity (Wildman–Crippen MR) is 277 cm³/mol. The molecular weight excluding hydrogens is 1160 g/mol. The number of benzene rings is 6. The minimum Gasteiger partial charge on any atom is -0.505 e. The summed E-state index contributed by atoms with van der Waals surface area (Å²) < 4.78 is 162. The van der Waals surface area contributed by atoms with Crippen LogP contribution in [0, 0.1) is 13.8 Å². The Balaban J connectivity index is 1.17. The molecule has 1 amide bonds. The molecule has 1 heterocycles. The molecule has 0 fully saturated rings. The minimum atomic E-state index is -5.38. The molecule has 9 N–H and O–H groups in total. The number of phenols is 2. The Labute approximate surface area is 447 Å². The molecule has 0 bridgehead atoms. The van der Waals surface area contributed by atoms with Crippen molar-refractivity contribution in [3.8, 4) is 17.2 Å². The first-order chi connectivity index (χ1) is 36.0. The van der Waals surface area contributed by atoms with E-state index < -0.39 is 122 Å². The van der Waals surface area contributed by atoms with E-state index in [9.17, 15) is 71.1 Å². The summed E-state index contributed by atoms with van der Waals surface area (Å²) in [5, 5.41) is 44.6. The lowest BCUT2D eigenvalue weighted by Crippen LogP contribution is -2.22. The van der Waals surface area contributed by atoms with Gasteiger partial charge in [-0.15, -0.1) is 21.8 Å². The van der Waals surface area contributed by atoms with Crippen molar-refractivity contribution in [3.05, 3.63) is 89.2 Å². The van der Waals surface area contributed by atoms with E-state index in [2.05, 4.69) is 51.4 Å². The number of phenolic OH excluding ortho intramolecular Hbond substituents is 2. The molecule has 0 spiro atoms. The van der Waals surface area contributed by atoms with Gasteiger partial charge in [-0.05, 0) is 109 Å². The lowest BCUT2D eigenvalue weighted by molar-refractivity contribution is -0.113. The molecule has 28 nitrogen and oxygen atoms in total. The zero-order valence-electron chi connectivity index (χ0n) is 39.1. The quantitative estimate of drug-likeness (QED) is 0.0210. The number of azo groups is 2. The molecule has 0 aliphatic rings. The Morgan fingerprint density at radius 3 is 1.77 bits per heavy atom. The molecule has 0 saturated carbocycles. The van der Waals surface area contributed by atoms with Gasteiger partial charge < -0.3 is 30.9 Å². The average molecular weight is 1200 g/mol. The lowest BCUT2D eigenvalue weighted by atomic mass is 10.1. The Hall–Kier alpha value is -7.15. The van der Waals surface area contributed by atoms with Gasteiger partial charge in [-0.25, -0.2) is 4.21 Å². The highest BCUT2D eigenvalue weighted by Gasteiger charge is 2.29. The van der Waals surface area contributed by atoms with Gasteiger partial charge in [0.25, 0.3) is 40.5 Å². The fourth-order valence-corrected chi connectivity index (χ4v) is 10.9. The van der Waals surface area contributed by atoms with Crippen LogP contribution in [-0.2, 0) is 60.5 Å². The van der Waals surface area contributed by atoms with Crippen LogP contribution in [0.1, 0.15) is 11.1 Å². The summed E-state index contributed by atoms with van der Waals surface area (Å²) in [6.07, 6.45) is 0. The Morgan fingerprint density at radius 2 is 1.19 bits per heavy atom. The number of halogens is 2. The smallest absolute Gasteiger partial charge is 0.298 e. The number of methoxy groups -OCH3 is 1. The maximum absolute atomic E-state index is 12.7. The van der Waals surface area contributed by atoms with Gasteiger partial charge in [-0.2, -0.15) is 58.9 Å². The first-order valence-corrected chi connectivity index (χ1v) is 28.9. The third-order valence-electron chi connectivity index (χ3n) is 10.5. The van der Waals surface area contributed by atoms with Crippen LogP contribution in [0.5, 0.6) is 17.2 Å². The molecule has 7 aromatic rings. The molecule has 0 radical (unpaired) electrons. The number of hydrogen-bond acceptors (Lipinski definition) is 23. The largest absolute Gasteiger partial charge is 0.505 e. The summed E-state index contributed by atoms with van der Waals surface area (Å²) in [6.45, 7) is 2.86. The SMILES string of the molecule is COc1cc(C)c(N=Nc2c(S(=O)(=O)O)cc3cc(Nc4nc(Cl)nc(Nc5ccc(C)c(N=Nc6c(S(=O)(=O)O)cc7c(S(=O)(=O)O)c(NC(=O)CS(=O)OCCCl)ccc7c6O)c5)n4)ccc3c2O)cc1S(=O)(=O)O. The number of ether oxygens (including phenoxy) is 1. The number of aryl methyl sites for hydroxylation is 2. The van der Waals surface area contributed by atoms with Gasteiger partial charge >= 0.3 is 0 Å². The van der Waals surface area contributed by atoms with Crippen LogP contribution in [-0.4, -0.2) is 113 Å². The van der Waals surface area contributed by atoms with E-state index in [0.717, 1.165) is 31.4 Å². The summed E-state index contributed by atoms with van der Waals surface area (Å²) in [5.74, 6) is -4.33. The number of aromatic nitrogens is 3. The second kappa shape index (κ2) is 22.4. The van der Waals surface area contributed by atoms with Crippen LogP contribution in [0.3, 0.4) is 0 Å². The second-order valence-electron chi connectivity index (χ2n) is 15.7. The summed E-state index contributed by atoms with van der Waals surface area (Å²) in [4.78, 5) is 21.1. The molecule has 0 saturated heterocycles. The van der Waals surface area contributed by atoms with Crippen molar-refractivity contribution >= 4 is 154 Å². The summed E-state index contributed by atoms with van der Waals surface area (Å²) in [6, 6.07) is 14.1. The highest BCUT2D eigenvalue weighted by atomic mass is 35.5. The van der Waals surface area contributed by atoms with Gasteiger partial charge in [0.1, 0.15) is 42.5 Å². The van der Waals surface area contributed by atoms with E-state index in [4.69, 9.17) is 32.1 Å². The first kappa shape index (κ1) is 57.6. The van der Waals surface area contributed by atoms with Crippen LogP contribution >= 0.6 is 23.2 Å². The Kier molecular flexibility index (Phi) is 16.8. The molecule has 6 aromatic carbocycles. The van der Waals surface area contributed by atoms with Gasteiger partial charge in [-0.3, -0.25) is 27.2 Å². The zero-order chi connectivity index (χ0) is 56.5. The molecule has 1 atom stereocenters. The third-order valence-corrected chi connectivity index (χ3v) is 15.3. The van der Waals surface area contributed by atoms with E-state index in [1.54, 1.807) is 6.92 Å². The van der Waals surface area contributed by atoms with Gasteiger partial charge in [0.05, 0.1) is 30.8 Å². The van der Waals surface area contributed by atoms with E-state index >= 15 is 0 Å². The molecule has 406 valence electrons. The summed E-state index contributed by atoms with van der Waals surface area (Å²) in [5.41, 5.74) is -1.37. The van der Waals surface area contributed by atoms with Gasteiger partial charge in [-0.1, -0.05) is 6.07 Å². The number of aromatic hydroxyl groups is 2. The molecule has 0 aliphatic heterocycles. The lowest BCUT2D eigenvalue weighted by Gasteiger charge is -2.15. The van der Waals surface area contributed by atoms with Crippen LogP contribution in [0.25, 0.3) is 21.5 Å². The highest BCUT2D eigenvalue weighted by molar-refractivity contribution is 7.87. The number of hydrogen-bond donors (Lipinski definition) is 9. The number of nitrogens with one attached hydrogen (secondary N) is 3. The van der Waals surface area contributed by atoms with Crippen LogP contribution in [0.2, 0.25) is 5.28 Å². The monoisotopic (exact) mass is 1200 g/mol. The molecule has 35 heteroatoms. The van der Waals surface area contributed by atoms with E-state index in [-0.39, 0.29) is 74.5 Å². The van der Waals surface area contributed by atoms with Gasteiger partial charge in [0.2, 0.25) is 23.1 Å². The van der Waals surface area contributed by atoms with Gasteiger partial charge in [0, 0.05) is 33.4 Å². The maximum atomic E-state index is 12.7. The van der Waals surface area contributed by atoms with E-state index in [1.807, 2.05) is 0 Å². The Morgan fingerprint density at radius 1 is 0.649 bits per heavy atom. The number of carbonyl (C=O) groups excluding carboxylic acids is 1. The van der Waals surface area contributed by atoms with Crippen molar-refractivity contribution in [1.82, 2.24) is 15.0 Å². The van der Waals surface area contributed by atoms with E-state index in [0.29, 0.717) is 11.6 Å². The van der Waals surface area contributed by atoms with Crippen molar-refractivity contribution in [2.75, 3.05) is 41.3 Å². The first-order valence-electron chi connectivity index (χ1n) is 20.9. The number of fused-ring (bicyclic) bond motifs is 2. The summed E-state index contributed by atoms with van der Waals surface area (Å²) >= 11 is 9.53. The molecule has 7 rings (SSSR count). The standard InChI is InChI=1S/C42H36Cl2N10O18S5/c1-19-4-5-23(15-28(19)51-54-36-33(76(65,66)67)16-26-25(38(36)57)8-9-27(39(26)77(68,69)70)47-34(55)18-73(58)72-11-10-43)46-42-49-40(44)48-41(50-42)45-22-6-7-24-21(13-22)14-32(75(62,63)64)35(37(24)56)53-52-29-17-31(74(59,60)61)30(71-3)12-20(29)2/h4-9,12-17,56-57H,10-11,18H2,1-3H3,(H,47,55)(H,59,60,61)(H,62,63,64)(H,65,66,67)(H,68,69,70)(H2,45,46,48,49,50). The topological polar surface area (TPSA) is 435 Å². The van der Waals surface area contributed by atoms with Crippen LogP contribution < -0.4 is 20.7 Å². The fraction of sp³-hybridized carbons (Fsp3) is 0.143. The molecule has 1 aromatic heterocycles. The van der Waals surface area contributed by atoms with Crippen molar-refractivity contribution in [2.24, 2.45) is 20.5 Å².